The van der Waals surface area contributed by atoms with Crippen LogP contribution in [0.3, 0.4) is 0 Å². The number of carboxylic acid groups (broad SMARTS) is 1. The summed E-state index contributed by atoms with van der Waals surface area (Å²) in [6.07, 6.45) is 8.52. The first-order valence-electron chi connectivity index (χ1n) is 20.2. The second kappa shape index (κ2) is 14.4. The van der Waals surface area contributed by atoms with Crippen molar-refractivity contribution in [1.29, 1.82) is 0 Å². The largest absolute Gasteiger partial charge is 0.496 e. The van der Waals surface area contributed by atoms with Crippen LogP contribution in [0.15, 0.2) is 36.5 Å². The summed E-state index contributed by atoms with van der Waals surface area (Å²) in [5.74, 6) is -2.22. The number of halogens is 1. The van der Waals surface area contributed by atoms with Gasteiger partial charge in [-0.1, -0.05) is 26.0 Å². The van der Waals surface area contributed by atoms with Crippen molar-refractivity contribution in [1.82, 2.24) is 24.8 Å². The topological polar surface area (TPSA) is 185 Å². The summed E-state index contributed by atoms with van der Waals surface area (Å²) in [4.78, 5) is 64.1. The number of ether oxygens (including phenoxy) is 2. The van der Waals surface area contributed by atoms with Gasteiger partial charge in [0, 0.05) is 36.0 Å². The average Bonchev–Trinajstić information content (AvgIpc) is 4.11. The molecule has 16 heteroatoms. The van der Waals surface area contributed by atoms with Crippen molar-refractivity contribution in [3.63, 3.8) is 0 Å². The molecule has 57 heavy (non-hydrogen) atoms. The summed E-state index contributed by atoms with van der Waals surface area (Å²) in [5.41, 5.74) is -1.58. The normalized spacial score (nSPS) is 35.0. The van der Waals surface area contributed by atoms with Gasteiger partial charge in [-0.25, -0.2) is 22.6 Å². The quantitative estimate of drug-likeness (QED) is 0.314. The van der Waals surface area contributed by atoms with Crippen molar-refractivity contribution >= 4 is 44.6 Å². The van der Waals surface area contributed by atoms with E-state index in [1.807, 2.05) is 19.1 Å². The van der Waals surface area contributed by atoms with Crippen LogP contribution in [0.1, 0.15) is 85.0 Å². The Labute approximate surface area is 331 Å². The highest BCUT2D eigenvalue weighted by molar-refractivity contribution is 7.91. The first kappa shape index (κ1) is 39.4. The zero-order valence-corrected chi connectivity index (χ0v) is 33.6. The summed E-state index contributed by atoms with van der Waals surface area (Å²) in [5, 5.41) is 14.5. The number of methoxy groups -OCH3 is 1. The lowest BCUT2D eigenvalue weighted by atomic mass is 9.86. The predicted octanol–water partition coefficient (Wildman–Crippen LogP) is 4.76. The third-order valence-corrected chi connectivity index (χ3v) is 15.8. The molecule has 2 unspecified atom stereocenters. The standard InChI is InChI=1S/C41H52FN5O9S/c1-22-7-5-6-8-26-20-41(26,38(50)45-57(53,54)40(3)10-11-40)44-35(48)32-19-29(56-36-31-17-27(42)18-33(55-4)30(31)9-12-43-36)21-46(32)37(49)34(23(2)13-22)47(39(51)52)28-15-24-14-25(24)16-28/h6,8-9,12,17-18,22-26,28-29,32,34H,5,7,10-11,13-16,19-21H2,1-4H3,(H,44,48)(H,45,50)(H,51,52)/b8-6-/t22-,23-,24+,25?,26-,28?,29-,32+,34+,41-/m1/s1. The van der Waals surface area contributed by atoms with Gasteiger partial charge < -0.3 is 24.8 Å². The monoisotopic (exact) mass is 809 g/mol. The molecule has 0 spiro atoms. The molecule has 4 amide bonds. The maximum atomic E-state index is 15.2. The van der Waals surface area contributed by atoms with Crippen LogP contribution >= 0.6 is 0 Å². The Bertz CT molecular complexity index is 2120. The van der Waals surface area contributed by atoms with Gasteiger partial charge in [0.15, 0.2) is 0 Å². The van der Waals surface area contributed by atoms with E-state index < -0.39 is 80.0 Å². The lowest BCUT2D eigenvalue weighted by molar-refractivity contribution is -0.145. The molecular weight excluding hydrogens is 758 g/mol. The Morgan fingerprint density at radius 1 is 1.09 bits per heavy atom. The van der Waals surface area contributed by atoms with Crippen LogP contribution in [0, 0.1) is 35.4 Å². The van der Waals surface area contributed by atoms with Crippen LogP contribution in [-0.4, -0.2) is 100 Å². The Morgan fingerprint density at radius 2 is 1.82 bits per heavy atom. The summed E-state index contributed by atoms with van der Waals surface area (Å²) < 4.78 is 54.2. The van der Waals surface area contributed by atoms with Crippen molar-refractivity contribution in [2.75, 3.05) is 13.7 Å². The number of hydrogen-bond acceptors (Lipinski definition) is 9. The van der Waals surface area contributed by atoms with Gasteiger partial charge in [0.1, 0.15) is 35.3 Å². The van der Waals surface area contributed by atoms with E-state index in [-0.39, 0.29) is 43.0 Å². The second-order valence-electron chi connectivity index (χ2n) is 17.8. The van der Waals surface area contributed by atoms with Crippen LogP contribution in [0.5, 0.6) is 11.6 Å². The van der Waals surface area contributed by atoms with Crippen LogP contribution in [0.4, 0.5) is 9.18 Å². The molecule has 3 N–H and O–H groups in total. The molecule has 4 aliphatic carbocycles. The molecule has 14 nitrogen and oxygen atoms in total. The van der Waals surface area contributed by atoms with Gasteiger partial charge in [0.05, 0.1) is 23.8 Å². The van der Waals surface area contributed by atoms with E-state index in [2.05, 4.69) is 21.9 Å². The second-order valence-corrected chi connectivity index (χ2v) is 20.0. The van der Waals surface area contributed by atoms with E-state index in [9.17, 15) is 32.3 Å². The molecule has 1 saturated heterocycles. The molecule has 3 heterocycles. The van der Waals surface area contributed by atoms with Gasteiger partial charge in [-0.3, -0.25) is 24.0 Å². The van der Waals surface area contributed by atoms with E-state index in [0.717, 1.165) is 12.8 Å². The highest BCUT2D eigenvalue weighted by Crippen LogP contribution is 2.54. The van der Waals surface area contributed by atoms with Gasteiger partial charge in [-0.2, -0.15) is 0 Å². The number of fused-ring (bicyclic) bond motifs is 4. The molecule has 8 rings (SSSR count). The number of hydrogen-bond donors (Lipinski definition) is 3. The van der Waals surface area contributed by atoms with E-state index >= 15 is 4.79 Å². The fourth-order valence-corrected chi connectivity index (χ4v) is 11.1. The number of sulfonamides is 1. The third-order valence-electron chi connectivity index (χ3n) is 13.6. The summed E-state index contributed by atoms with van der Waals surface area (Å²) in [7, 11) is -2.62. The van der Waals surface area contributed by atoms with Crippen LogP contribution < -0.4 is 19.5 Å². The van der Waals surface area contributed by atoms with Gasteiger partial charge in [0.25, 0.3) is 5.91 Å². The minimum Gasteiger partial charge on any atom is -0.496 e. The Hall–Kier alpha value is -4.47. The molecule has 2 aliphatic heterocycles. The fraction of sp³-hybridized carbons (Fsp3) is 0.634. The first-order chi connectivity index (χ1) is 27.0. The zero-order valence-electron chi connectivity index (χ0n) is 32.8. The molecule has 0 radical (unpaired) electrons. The number of aromatic nitrogens is 1. The predicted molar refractivity (Wildman–Crippen MR) is 206 cm³/mol. The van der Waals surface area contributed by atoms with Crippen LogP contribution in [0.25, 0.3) is 10.8 Å². The maximum absolute atomic E-state index is 15.2. The minimum absolute atomic E-state index is 0.0593. The van der Waals surface area contributed by atoms with E-state index in [1.54, 1.807) is 13.0 Å². The lowest BCUT2D eigenvalue weighted by Gasteiger charge is -2.40. The van der Waals surface area contributed by atoms with Gasteiger partial charge in [-0.15, -0.1) is 0 Å². The molecule has 4 saturated carbocycles. The summed E-state index contributed by atoms with van der Waals surface area (Å²) in [6, 6.07) is 1.50. The molecule has 308 valence electrons. The van der Waals surface area contributed by atoms with Crippen LogP contribution in [0.2, 0.25) is 0 Å². The third kappa shape index (κ3) is 7.31. The lowest BCUT2D eigenvalue weighted by Crippen LogP contribution is -2.61. The number of benzene rings is 1. The number of pyridine rings is 1. The molecule has 0 bridgehead atoms. The number of carbonyl (C=O) groups excluding carboxylic acids is 3. The molecule has 1 aromatic carbocycles. The molecule has 10 atom stereocenters. The molecule has 1 aromatic heterocycles. The van der Waals surface area contributed by atoms with Crippen molar-refractivity contribution in [3.8, 4) is 11.6 Å². The molecule has 5 fully saturated rings. The number of carbonyl (C=O) groups is 4. The van der Waals surface area contributed by atoms with Gasteiger partial charge in [-0.05, 0) is 101 Å². The van der Waals surface area contributed by atoms with Crippen LogP contribution in [-0.2, 0) is 24.4 Å². The van der Waals surface area contributed by atoms with Crippen molar-refractivity contribution in [3.05, 3.63) is 42.4 Å². The smallest absolute Gasteiger partial charge is 0.408 e. The first-order valence-corrected chi connectivity index (χ1v) is 21.7. The highest BCUT2D eigenvalue weighted by atomic mass is 32.2. The number of nitrogens with zero attached hydrogens (tertiary/aromatic N) is 3. The number of amides is 4. The highest BCUT2D eigenvalue weighted by Gasteiger charge is 2.63. The summed E-state index contributed by atoms with van der Waals surface area (Å²) in [6.45, 7) is 5.42. The Morgan fingerprint density at radius 3 is 2.51 bits per heavy atom. The van der Waals surface area contributed by atoms with Crippen molar-refractivity contribution in [2.45, 2.75) is 119 Å². The van der Waals surface area contributed by atoms with E-state index in [1.165, 1.54) is 35.2 Å². The van der Waals surface area contributed by atoms with Crippen molar-refractivity contribution in [2.24, 2.45) is 29.6 Å². The van der Waals surface area contributed by atoms with E-state index in [4.69, 9.17) is 9.47 Å². The molecule has 2 aromatic rings. The summed E-state index contributed by atoms with van der Waals surface area (Å²) >= 11 is 0. The van der Waals surface area contributed by atoms with Gasteiger partial charge in [0.2, 0.25) is 27.7 Å². The SMILES string of the molecule is COc1cc(F)cc2c(O[C@@H]3C[C@H]4C(=O)N[C@]5(C(=O)NS(=O)(=O)C6(C)CC6)C[C@H]5/C=C\CC[C@@H](C)C[C@@H](C)[C@H](N(C(=O)O)C5CC6C[C@H]6C5)C(=O)N4C3)nccc12. The van der Waals surface area contributed by atoms with Crippen molar-refractivity contribution < 1.29 is 46.6 Å². The van der Waals surface area contributed by atoms with Gasteiger partial charge >= 0.3 is 6.09 Å². The minimum atomic E-state index is -4.04. The molecule has 6 aliphatic rings. The average molecular weight is 810 g/mol. The number of allylic oxidation sites excluding steroid dienone is 1. The number of nitrogens with one attached hydrogen (secondary N) is 2. The number of rotatable bonds is 8. The van der Waals surface area contributed by atoms with E-state index in [0.29, 0.717) is 61.1 Å². The maximum Gasteiger partial charge on any atom is 0.408 e. The Kier molecular flexibility index (Phi) is 9.96. The zero-order chi connectivity index (χ0) is 40.6. The Balaban J connectivity index is 1.16. The fourth-order valence-electron chi connectivity index (χ4n) is 9.79. The molecular formula is C41H52FN5O9S.